The highest BCUT2D eigenvalue weighted by Crippen LogP contribution is 2.26. The molecule has 1 unspecified atom stereocenters. The molecule has 44 heavy (non-hydrogen) atoms. The molecule has 5 rings (SSSR count). The van der Waals surface area contributed by atoms with Crippen LogP contribution in [0.15, 0.2) is 73.1 Å². The molecule has 1 aromatic heterocycles. The van der Waals surface area contributed by atoms with Crippen molar-refractivity contribution in [3.63, 3.8) is 0 Å². The van der Waals surface area contributed by atoms with E-state index in [1.54, 1.807) is 29.2 Å². The maximum Gasteiger partial charge on any atom is 0.335 e. The Morgan fingerprint density at radius 3 is 2.59 bits per heavy atom. The molecular formula is C30H25ClFN7O5. The molecule has 1 aliphatic rings. The van der Waals surface area contributed by atoms with Gasteiger partial charge in [0, 0.05) is 42.4 Å². The van der Waals surface area contributed by atoms with Crippen LogP contribution in [0, 0.1) is 5.82 Å². The molecule has 0 spiro atoms. The summed E-state index contributed by atoms with van der Waals surface area (Å²) in [5.74, 6) is -3.19. The first-order valence-electron chi connectivity index (χ1n) is 13.4. The van der Waals surface area contributed by atoms with E-state index in [0.29, 0.717) is 29.9 Å². The first-order chi connectivity index (χ1) is 21.2. The molecule has 12 nitrogen and oxygen atoms in total. The molecule has 224 valence electrons. The predicted molar refractivity (Wildman–Crippen MR) is 159 cm³/mol. The molecular weight excluding hydrogens is 593 g/mol. The van der Waals surface area contributed by atoms with Gasteiger partial charge in [0.2, 0.25) is 17.7 Å². The fourth-order valence-corrected chi connectivity index (χ4v) is 4.87. The van der Waals surface area contributed by atoms with Crippen molar-refractivity contribution in [1.82, 2.24) is 25.5 Å². The predicted octanol–water partition coefficient (Wildman–Crippen LogP) is 3.66. The number of carbonyl (C=O) groups is 4. The minimum Gasteiger partial charge on any atom is -0.478 e. The fraction of sp³-hybridized carbons (Fsp3) is 0.167. The molecule has 3 aromatic carbocycles. The van der Waals surface area contributed by atoms with Crippen molar-refractivity contribution < 1.29 is 28.7 Å². The van der Waals surface area contributed by atoms with Gasteiger partial charge >= 0.3 is 5.97 Å². The summed E-state index contributed by atoms with van der Waals surface area (Å²) in [6.07, 6.45) is 4.78. The van der Waals surface area contributed by atoms with Gasteiger partial charge in [0.05, 0.1) is 16.3 Å². The summed E-state index contributed by atoms with van der Waals surface area (Å²) in [6, 6.07) is 14.4. The minimum absolute atomic E-state index is 0.00832. The lowest BCUT2D eigenvalue weighted by molar-refractivity contribution is -0.123. The molecule has 0 saturated carbocycles. The molecule has 1 aliphatic heterocycles. The number of nitrogens with zero attached hydrogens (tertiary/aromatic N) is 5. The van der Waals surface area contributed by atoms with Gasteiger partial charge in [0.25, 0.3) is 0 Å². The van der Waals surface area contributed by atoms with Crippen LogP contribution in [0.5, 0.6) is 0 Å². The number of rotatable bonds is 10. The molecule has 0 aliphatic carbocycles. The third-order valence-corrected chi connectivity index (χ3v) is 7.17. The Balaban J connectivity index is 1.39. The maximum absolute atomic E-state index is 15.0. The number of aromatic nitrogens is 4. The quantitative estimate of drug-likeness (QED) is 0.227. The topological polar surface area (TPSA) is 159 Å². The lowest BCUT2D eigenvalue weighted by Gasteiger charge is -2.20. The zero-order valence-electron chi connectivity index (χ0n) is 23.0. The van der Waals surface area contributed by atoms with E-state index in [4.69, 9.17) is 16.7 Å². The van der Waals surface area contributed by atoms with Crippen molar-refractivity contribution in [3.8, 4) is 5.69 Å². The van der Waals surface area contributed by atoms with E-state index >= 15 is 0 Å². The molecule has 4 aromatic rings. The molecule has 3 amide bonds. The Bertz CT molecular complexity index is 1750. The molecule has 1 atom stereocenters. The van der Waals surface area contributed by atoms with E-state index in [-0.39, 0.29) is 34.2 Å². The van der Waals surface area contributed by atoms with Gasteiger partial charge in [-0.1, -0.05) is 23.7 Å². The number of amides is 3. The largest absolute Gasteiger partial charge is 0.478 e. The molecule has 3 N–H and O–H groups in total. The van der Waals surface area contributed by atoms with Crippen LogP contribution in [0.2, 0.25) is 5.02 Å². The average Bonchev–Trinajstić information content (AvgIpc) is 3.70. The Morgan fingerprint density at radius 2 is 1.91 bits per heavy atom. The van der Waals surface area contributed by atoms with Gasteiger partial charge in [0.15, 0.2) is 5.82 Å². The number of carboxylic acid groups (broad SMARTS) is 1. The van der Waals surface area contributed by atoms with Gasteiger partial charge in [-0.2, -0.15) is 4.68 Å². The third-order valence-electron chi connectivity index (χ3n) is 6.87. The van der Waals surface area contributed by atoms with E-state index in [0.717, 1.165) is 12.5 Å². The van der Waals surface area contributed by atoms with Gasteiger partial charge in [0.1, 0.15) is 12.4 Å². The van der Waals surface area contributed by atoms with Crippen LogP contribution in [0.25, 0.3) is 11.8 Å². The average molecular weight is 618 g/mol. The van der Waals surface area contributed by atoms with E-state index in [1.165, 1.54) is 53.5 Å². The lowest BCUT2D eigenvalue weighted by Crippen LogP contribution is -2.44. The number of carboxylic acids is 1. The van der Waals surface area contributed by atoms with Crippen molar-refractivity contribution in [1.29, 1.82) is 0 Å². The minimum atomic E-state index is -1.12. The van der Waals surface area contributed by atoms with Crippen molar-refractivity contribution in [2.24, 2.45) is 0 Å². The van der Waals surface area contributed by atoms with E-state index in [1.807, 2.05) is 0 Å². The third kappa shape index (κ3) is 6.95. The highest BCUT2D eigenvalue weighted by molar-refractivity contribution is 6.31. The van der Waals surface area contributed by atoms with Crippen molar-refractivity contribution in [3.05, 3.63) is 101 Å². The van der Waals surface area contributed by atoms with Gasteiger partial charge in [-0.05, 0) is 77.0 Å². The molecule has 14 heteroatoms. The second-order valence-electron chi connectivity index (χ2n) is 9.84. The Morgan fingerprint density at radius 1 is 1.11 bits per heavy atom. The number of anilines is 2. The maximum atomic E-state index is 15.0. The summed E-state index contributed by atoms with van der Waals surface area (Å²) in [5.41, 5.74) is 1.90. The van der Waals surface area contributed by atoms with E-state index in [9.17, 15) is 23.6 Å². The second kappa shape index (κ2) is 13.3. The number of hydrogen-bond acceptors (Lipinski definition) is 7. The Hall–Kier alpha value is -5.43. The Labute approximate surface area is 255 Å². The molecule has 0 radical (unpaired) electrons. The van der Waals surface area contributed by atoms with Crippen LogP contribution in [-0.4, -0.2) is 61.6 Å². The smallest absolute Gasteiger partial charge is 0.335 e. The van der Waals surface area contributed by atoms with E-state index < -0.39 is 29.6 Å². The number of nitrogens with one attached hydrogen (secondary N) is 2. The van der Waals surface area contributed by atoms with Gasteiger partial charge in [-0.15, -0.1) is 5.10 Å². The van der Waals surface area contributed by atoms with Gasteiger partial charge in [-0.25, -0.2) is 9.18 Å². The van der Waals surface area contributed by atoms with Crippen LogP contribution in [0.1, 0.15) is 34.3 Å². The standard InChI is InChI=1S/C30H25ClFN7O5/c31-23-11-12-25(39-17-33-36-37-39)22(28(23)32)10-13-26(40)35-24(29(42)34-20-8-6-19(7-9-20)30(43)44)16-18-3-1-4-21(15-18)38-14-2-5-27(38)41/h1,3-4,6-13,15,17,24H,2,5,14,16H2,(H,34,42)(H,35,40)(H,43,44). The monoisotopic (exact) mass is 617 g/mol. The van der Waals surface area contributed by atoms with Crippen molar-refractivity contribution in [2.45, 2.75) is 25.3 Å². The number of aromatic carboxylic acids is 1. The molecule has 1 saturated heterocycles. The SMILES string of the molecule is O=C(C=Cc1c(-n2cnnn2)ccc(Cl)c1F)NC(Cc1cccc(N2CCCC2=O)c1)C(=O)Nc1ccc(C(=O)O)cc1. The number of benzene rings is 3. The van der Waals surface area contributed by atoms with Crippen LogP contribution < -0.4 is 15.5 Å². The van der Waals surface area contributed by atoms with Crippen LogP contribution >= 0.6 is 11.6 Å². The zero-order valence-corrected chi connectivity index (χ0v) is 23.7. The first-order valence-corrected chi connectivity index (χ1v) is 13.8. The van der Waals surface area contributed by atoms with Crippen LogP contribution in [-0.2, 0) is 20.8 Å². The second-order valence-corrected chi connectivity index (χ2v) is 10.2. The zero-order chi connectivity index (χ0) is 31.2. The Kier molecular flexibility index (Phi) is 9.05. The highest BCUT2D eigenvalue weighted by atomic mass is 35.5. The summed E-state index contributed by atoms with van der Waals surface area (Å²) in [4.78, 5) is 51.7. The fourth-order valence-electron chi connectivity index (χ4n) is 4.71. The van der Waals surface area contributed by atoms with Crippen LogP contribution in [0.3, 0.4) is 0 Å². The summed E-state index contributed by atoms with van der Waals surface area (Å²) >= 11 is 5.97. The number of carbonyl (C=O) groups excluding carboxylic acids is 3. The molecule has 0 bridgehead atoms. The van der Waals surface area contributed by atoms with Crippen molar-refractivity contribution >= 4 is 52.7 Å². The highest BCUT2D eigenvalue weighted by Gasteiger charge is 2.24. The number of tetrazole rings is 1. The van der Waals surface area contributed by atoms with Crippen molar-refractivity contribution in [2.75, 3.05) is 16.8 Å². The van der Waals surface area contributed by atoms with E-state index in [2.05, 4.69) is 26.2 Å². The van der Waals surface area contributed by atoms with Crippen LogP contribution in [0.4, 0.5) is 15.8 Å². The summed E-state index contributed by atoms with van der Waals surface area (Å²) in [7, 11) is 0. The lowest BCUT2D eigenvalue weighted by atomic mass is 10.0. The first kappa shape index (κ1) is 30.0. The summed E-state index contributed by atoms with van der Waals surface area (Å²) in [6.45, 7) is 0.590. The van der Waals surface area contributed by atoms with Gasteiger partial charge < -0.3 is 20.6 Å². The summed E-state index contributed by atoms with van der Waals surface area (Å²) < 4.78 is 16.2. The summed E-state index contributed by atoms with van der Waals surface area (Å²) in [5, 5.41) is 25.2. The number of hydrogen-bond donors (Lipinski definition) is 3. The molecule has 2 heterocycles. The number of halogens is 2. The van der Waals surface area contributed by atoms with Gasteiger partial charge in [-0.3, -0.25) is 14.4 Å². The molecule has 1 fully saturated rings. The normalized spacial score (nSPS) is 13.7.